The monoisotopic (exact) mass is 388 g/mol. The molecule has 0 saturated heterocycles. The summed E-state index contributed by atoms with van der Waals surface area (Å²) < 4.78 is 51.4. The van der Waals surface area contributed by atoms with Crippen LogP contribution in [-0.2, 0) is 10.0 Å². The first kappa shape index (κ1) is 18.7. The van der Waals surface area contributed by atoms with Crippen molar-refractivity contribution in [3.63, 3.8) is 0 Å². The van der Waals surface area contributed by atoms with Gasteiger partial charge < -0.3 is 9.47 Å². The van der Waals surface area contributed by atoms with Crippen LogP contribution in [0, 0.1) is 5.82 Å². The predicted octanol–water partition coefficient (Wildman–Crippen LogP) is 3.71. The molecule has 8 heteroatoms. The van der Waals surface area contributed by atoms with Crippen LogP contribution in [0.3, 0.4) is 0 Å². The minimum absolute atomic E-state index is 0.0446. The van der Waals surface area contributed by atoms with Gasteiger partial charge in [-0.2, -0.15) is 0 Å². The highest BCUT2D eigenvalue weighted by Crippen LogP contribution is 2.28. The van der Waals surface area contributed by atoms with E-state index in [0.717, 1.165) is 17.7 Å². The van der Waals surface area contributed by atoms with Crippen LogP contribution < -0.4 is 14.2 Å². The molecule has 0 unspecified atom stereocenters. The molecule has 27 heavy (non-hydrogen) atoms. The van der Waals surface area contributed by atoms with Gasteiger partial charge in [0.2, 0.25) is 0 Å². The van der Waals surface area contributed by atoms with Gasteiger partial charge in [0.05, 0.1) is 26.1 Å². The van der Waals surface area contributed by atoms with Crippen molar-refractivity contribution in [1.29, 1.82) is 0 Å². The van der Waals surface area contributed by atoms with Gasteiger partial charge in [-0.25, -0.2) is 12.8 Å². The number of ether oxygens (including phenoxy) is 2. The third-order valence-electron chi connectivity index (χ3n) is 3.83. The molecule has 0 spiro atoms. The van der Waals surface area contributed by atoms with Gasteiger partial charge in [0, 0.05) is 11.8 Å². The molecule has 0 amide bonds. The third kappa shape index (κ3) is 4.17. The van der Waals surface area contributed by atoms with Crippen LogP contribution in [0.1, 0.15) is 0 Å². The van der Waals surface area contributed by atoms with E-state index in [0.29, 0.717) is 11.3 Å². The Labute approximate surface area is 156 Å². The second-order valence-electron chi connectivity index (χ2n) is 5.59. The minimum atomic E-state index is -4.06. The lowest BCUT2D eigenvalue weighted by Crippen LogP contribution is -2.14. The predicted molar refractivity (Wildman–Crippen MR) is 100.0 cm³/mol. The molecule has 3 aromatic rings. The number of nitrogens with zero attached hydrogens (tertiary/aromatic N) is 1. The summed E-state index contributed by atoms with van der Waals surface area (Å²) in [6, 6.07) is 12.2. The van der Waals surface area contributed by atoms with E-state index in [1.807, 2.05) is 12.1 Å². The number of rotatable bonds is 6. The highest BCUT2D eigenvalue weighted by Gasteiger charge is 2.21. The van der Waals surface area contributed by atoms with Crippen molar-refractivity contribution in [3.05, 3.63) is 66.7 Å². The number of sulfonamides is 1. The molecule has 2 aromatic carbocycles. The molecule has 0 aliphatic rings. The van der Waals surface area contributed by atoms with Gasteiger partial charge in [0.1, 0.15) is 22.2 Å². The average molecular weight is 388 g/mol. The first-order valence-corrected chi connectivity index (χ1v) is 9.37. The second-order valence-corrected chi connectivity index (χ2v) is 7.24. The number of aromatic nitrogens is 1. The van der Waals surface area contributed by atoms with Crippen molar-refractivity contribution in [2.45, 2.75) is 4.90 Å². The molecule has 3 rings (SSSR count). The molecule has 0 bridgehead atoms. The van der Waals surface area contributed by atoms with E-state index in [2.05, 4.69) is 9.71 Å². The van der Waals surface area contributed by atoms with Crippen LogP contribution in [-0.4, -0.2) is 27.6 Å². The molecule has 1 aromatic heterocycles. The lowest BCUT2D eigenvalue weighted by atomic mass is 10.1. The largest absolute Gasteiger partial charge is 0.497 e. The van der Waals surface area contributed by atoms with Gasteiger partial charge in [0.25, 0.3) is 10.0 Å². The quantitative estimate of drug-likeness (QED) is 0.697. The number of pyridine rings is 1. The van der Waals surface area contributed by atoms with Crippen LogP contribution >= 0.6 is 0 Å². The molecular weight excluding hydrogens is 371 g/mol. The Morgan fingerprint density at radius 1 is 0.926 bits per heavy atom. The lowest BCUT2D eigenvalue weighted by molar-refractivity contribution is 0.401. The number of anilines is 1. The zero-order chi connectivity index (χ0) is 19.4. The molecule has 0 radical (unpaired) electrons. The van der Waals surface area contributed by atoms with Crippen molar-refractivity contribution in [1.82, 2.24) is 4.98 Å². The van der Waals surface area contributed by atoms with Gasteiger partial charge in [-0.05, 0) is 42.0 Å². The summed E-state index contributed by atoms with van der Waals surface area (Å²) in [7, 11) is -1.17. The van der Waals surface area contributed by atoms with Crippen molar-refractivity contribution in [2.24, 2.45) is 0 Å². The third-order valence-corrected chi connectivity index (χ3v) is 5.23. The van der Waals surface area contributed by atoms with Gasteiger partial charge in [-0.15, -0.1) is 0 Å². The Bertz CT molecular complexity index is 1050. The van der Waals surface area contributed by atoms with E-state index in [9.17, 15) is 12.8 Å². The summed E-state index contributed by atoms with van der Waals surface area (Å²) in [5.74, 6) is 0.0752. The van der Waals surface area contributed by atoms with E-state index < -0.39 is 15.8 Å². The Morgan fingerprint density at radius 2 is 1.67 bits per heavy atom. The summed E-state index contributed by atoms with van der Waals surface area (Å²) in [5, 5.41) is 0. The fourth-order valence-electron chi connectivity index (χ4n) is 2.51. The zero-order valence-corrected chi connectivity index (χ0v) is 15.5. The van der Waals surface area contributed by atoms with E-state index >= 15 is 0 Å². The van der Waals surface area contributed by atoms with Crippen molar-refractivity contribution < 1.29 is 22.3 Å². The van der Waals surface area contributed by atoms with Crippen molar-refractivity contribution in [3.8, 4) is 22.6 Å². The molecule has 0 saturated carbocycles. The van der Waals surface area contributed by atoms with E-state index in [-0.39, 0.29) is 16.3 Å². The highest BCUT2D eigenvalue weighted by atomic mass is 32.2. The second kappa shape index (κ2) is 7.63. The highest BCUT2D eigenvalue weighted by molar-refractivity contribution is 7.92. The van der Waals surface area contributed by atoms with Gasteiger partial charge in [-0.1, -0.05) is 12.1 Å². The topological polar surface area (TPSA) is 77.5 Å². The molecule has 0 fully saturated rings. The summed E-state index contributed by atoms with van der Waals surface area (Å²) in [6.45, 7) is 0. The van der Waals surface area contributed by atoms with Gasteiger partial charge in [-0.3, -0.25) is 9.71 Å². The Kier molecular flexibility index (Phi) is 5.27. The van der Waals surface area contributed by atoms with Gasteiger partial charge in [0.15, 0.2) is 0 Å². The summed E-state index contributed by atoms with van der Waals surface area (Å²) >= 11 is 0. The number of halogens is 1. The molecular formula is C19H17FN2O4S. The van der Waals surface area contributed by atoms with Crippen LogP contribution in [0.4, 0.5) is 10.1 Å². The standard InChI is InChI=1S/C19H17FN2O4S/c1-25-17-6-3-13(4-7-17)14-9-16(12-21-11-14)22-27(23,24)19-10-15(20)5-8-18(19)26-2/h3-12,22H,1-2H3. The summed E-state index contributed by atoms with van der Waals surface area (Å²) in [4.78, 5) is 3.79. The van der Waals surface area contributed by atoms with Crippen molar-refractivity contribution >= 4 is 15.7 Å². The smallest absolute Gasteiger partial charge is 0.265 e. The minimum Gasteiger partial charge on any atom is -0.497 e. The molecule has 6 nitrogen and oxygen atoms in total. The lowest BCUT2D eigenvalue weighted by Gasteiger charge is -2.12. The molecule has 0 aliphatic carbocycles. The Hall–Kier alpha value is -3.13. The first-order valence-electron chi connectivity index (χ1n) is 7.89. The SMILES string of the molecule is COc1ccc(-c2cncc(NS(=O)(=O)c3cc(F)ccc3OC)c2)cc1. The van der Waals surface area contributed by atoms with Crippen LogP contribution in [0.2, 0.25) is 0 Å². The fourth-order valence-corrected chi connectivity index (χ4v) is 3.72. The molecule has 1 heterocycles. The van der Waals surface area contributed by atoms with Crippen LogP contribution in [0.25, 0.3) is 11.1 Å². The Morgan fingerprint density at radius 3 is 2.33 bits per heavy atom. The van der Waals surface area contributed by atoms with E-state index in [1.54, 1.807) is 31.5 Å². The molecule has 140 valence electrons. The maximum Gasteiger partial charge on any atom is 0.265 e. The number of benzene rings is 2. The number of hydrogen-bond acceptors (Lipinski definition) is 5. The van der Waals surface area contributed by atoms with E-state index in [4.69, 9.17) is 9.47 Å². The number of methoxy groups -OCH3 is 2. The summed E-state index contributed by atoms with van der Waals surface area (Å²) in [5.41, 5.74) is 1.80. The molecule has 1 N–H and O–H groups in total. The zero-order valence-electron chi connectivity index (χ0n) is 14.6. The Balaban J connectivity index is 1.92. The first-order chi connectivity index (χ1) is 12.9. The number of hydrogen-bond donors (Lipinski definition) is 1. The number of nitrogens with one attached hydrogen (secondary N) is 1. The fraction of sp³-hybridized carbons (Fsp3) is 0.105. The average Bonchev–Trinajstić information content (AvgIpc) is 2.68. The summed E-state index contributed by atoms with van der Waals surface area (Å²) in [6.07, 6.45) is 2.98. The molecule has 0 atom stereocenters. The van der Waals surface area contributed by atoms with Crippen molar-refractivity contribution in [2.75, 3.05) is 18.9 Å². The maximum atomic E-state index is 13.5. The normalized spacial score (nSPS) is 11.1. The maximum absolute atomic E-state index is 13.5. The molecule has 0 aliphatic heterocycles. The van der Waals surface area contributed by atoms with E-state index in [1.165, 1.54) is 19.4 Å². The van der Waals surface area contributed by atoms with Crippen LogP contribution in [0.5, 0.6) is 11.5 Å². The van der Waals surface area contributed by atoms with Gasteiger partial charge >= 0.3 is 0 Å². The van der Waals surface area contributed by atoms with Crippen LogP contribution in [0.15, 0.2) is 65.8 Å².